The molecule has 0 aliphatic carbocycles. The van der Waals surface area contributed by atoms with E-state index in [9.17, 15) is 9.90 Å². The molecule has 1 unspecified atom stereocenters. The van der Waals surface area contributed by atoms with Crippen LogP contribution in [0.5, 0.6) is 0 Å². The molecule has 0 saturated carbocycles. The number of thiocarbonyl (C=S) groups is 1. The highest BCUT2D eigenvalue weighted by Gasteiger charge is 2.50. The van der Waals surface area contributed by atoms with Crippen molar-refractivity contribution < 1.29 is 14.6 Å². The minimum atomic E-state index is -1.75. The van der Waals surface area contributed by atoms with E-state index in [-0.39, 0.29) is 18.9 Å². The number of carbonyl (C=O) groups excluding carboxylic acids is 1. The van der Waals surface area contributed by atoms with E-state index in [1.54, 1.807) is 25.1 Å². The Morgan fingerprint density at radius 3 is 2.86 bits per heavy atom. The highest BCUT2D eigenvalue weighted by molar-refractivity contribution is 8.23. The summed E-state index contributed by atoms with van der Waals surface area (Å²) in [5.74, 6) is -0.552. The van der Waals surface area contributed by atoms with Crippen molar-refractivity contribution in [3.8, 4) is 0 Å². The largest absolute Gasteiger partial charge is 0.462 e. The minimum absolute atomic E-state index is 0.145. The van der Waals surface area contributed by atoms with Crippen LogP contribution < -0.4 is 0 Å². The van der Waals surface area contributed by atoms with E-state index in [1.807, 2.05) is 0 Å². The van der Waals surface area contributed by atoms with Crippen LogP contribution in [0.15, 0.2) is 18.2 Å². The molecular formula is C13H13Cl2NO3S2. The summed E-state index contributed by atoms with van der Waals surface area (Å²) in [7, 11) is 0. The molecule has 0 spiro atoms. The monoisotopic (exact) mass is 365 g/mol. The number of aliphatic hydroxyl groups is 1. The van der Waals surface area contributed by atoms with Crippen LogP contribution in [-0.4, -0.2) is 38.4 Å². The van der Waals surface area contributed by atoms with Gasteiger partial charge in [-0.15, -0.1) is 0 Å². The van der Waals surface area contributed by atoms with Crippen LogP contribution in [0, 0.1) is 0 Å². The van der Waals surface area contributed by atoms with E-state index in [2.05, 4.69) is 0 Å². The van der Waals surface area contributed by atoms with Crippen molar-refractivity contribution in [3.05, 3.63) is 33.8 Å². The highest BCUT2D eigenvalue weighted by Crippen LogP contribution is 2.34. The van der Waals surface area contributed by atoms with E-state index in [0.29, 0.717) is 14.4 Å². The van der Waals surface area contributed by atoms with Gasteiger partial charge in [0.2, 0.25) is 5.72 Å². The number of esters is 1. The topological polar surface area (TPSA) is 49.8 Å². The number of hydrogen-bond donors (Lipinski definition) is 1. The number of thioether (sulfide) groups is 1. The van der Waals surface area contributed by atoms with Gasteiger partial charge in [0.05, 0.1) is 22.4 Å². The number of halogens is 2. The number of hydrogen-bond acceptors (Lipinski definition) is 5. The second-order valence-electron chi connectivity index (χ2n) is 4.43. The van der Waals surface area contributed by atoms with Gasteiger partial charge in [0, 0.05) is 6.54 Å². The van der Waals surface area contributed by atoms with E-state index < -0.39 is 11.7 Å². The summed E-state index contributed by atoms with van der Waals surface area (Å²) in [4.78, 5) is 13.4. The maximum atomic E-state index is 12.0. The molecule has 1 fully saturated rings. The van der Waals surface area contributed by atoms with Gasteiger partial charge in [-0.25, -0.2) is 4.79 Å². The molecule has 4 nitrogen and oxygen atoms in total. The molecule has 114 valence electrons. The van der Waals surface area contributed by atoms with Gasteiger partial charge in [0.25, 0.3) is 0 Å². The lowest BCUT2D eigenvalue weighted by molar-refractivity contribution is -0.175. The van der Waals surface area contributed by atoms with Gasteiger partial charge < -0.3 is 14.7 Å². The van der Waals surface area contributed by atoms with Crippen molar-refractivity contribution in [1.29, 1.82) is 0 Å². The standard InChI is InChI=1S/C13H13Cl2NO3S2/c1-2-19-11(17)13(18)7-21-12(20)16(13)6-8-3-4-9(14)10(15)5-8/h3-5,18H,2,6-7H2,1H3. The molecule has 2 rings (SSSR count). The maximum Gasteiger partial charge on any atom is 0.360 e. The van der Waals surface area contributed by atoms with Crippen molar-refractivity contribution in [1.82, 2.24) is 4.90 Å². The van der Waals surface area contributed by atoms with Crippen LogP contribution in [0.25, 0.3) is 0 Å². The molecule has 1 atom stereocenters. The SMILES string of the molecule is CCOC(=O)C1(O)CSC(=S)N1Cc1ccc(Cl)c(Cl)c1. The van der Waals surface area contributed by atoms with Crippen molar-refractivity contribution in [2.75, 3.05) is 12.4 Å². The lowest BCUT2D eigenvalue weighted by Crippen LogP contribution is -2.53. The Balaban J connectivity index is 2.24. The number of rotatable bonds is 4. The maximum absolute atomic E-state index is 12.0. The summed E-state index contributed by atoms with van der Waals surface area (Å²) in [5, 5.41) is 11.4. The molecule has 8 heteroatoms. The molecule has 0 radical (unpaired) electrons. The van der Waals surface area contributed by atoms with Crippen LogP contribution in [0.2, 0.25) is 10.0 Å². The molecule has 1 heterocycles. The van der Waals surface area contributed by atoms with E-state index >= 15 is 0 Å². The van der Waals surface area contributed by atoms with Crippen LogP contribution >= 0.6 is 47.2 Å². The third-order valence-corrected chi connectivity index (χ3v) is 5.32. The third kappa shape index (κ3) is 3.46. The summed E-state index contributed by atoms with van der Waals surface area (Å²) in [6.45, 7) is 2.13. The molecule has 1 aromatic rings. The van der Waals surface area contributed by atoms with Crippen LogP contribution in [-0.2, 0) is 16.1 Å². The molecule has 1 N–H and O–H groups in total. The first-order valence-corrected chi connectivity index (χ1v) is 8.31. The second-order valence-corrected chi connectivity index (χ2v) is 6.85. The van der Waals surface area contributed by atoms with E-state index in [4.69, 9.17) is 40.2 Å². The first-order valence-electron chi connectivity index (χ1n) is 6.16. The minimum Gasteiger partial charge on any atom is -0.462 e. The van der Waals surface area contributed by atoms with Crippen molar-refractivity contribution >= 4 is 57.5 Å². The first kappa shape index (κ1) is 16.8. The Morgan fingerprint density at radius 2 is 2.24 bits per heavy atom. The average Bonchev–Trinajstić information content (AvgIpc) is 2.73. The molecule has 1 aliphatic rings. The molecule has 1 aromatic carbocycles. The summed E-state index contributed by atoms with van der Waals surface area (Å²) < 4.78 is 5.38. The summed E-state index contributed by atoms with van der Waals surface area (Å²) in [6.07, 6.45) is 0. The predicted molar refractivity (Wildman–Crippen MR) is 88.6 cm³/mol. The Labute approximate surface area is 142 Å². The zero-order valence-electron chi connectivity index (χ0n) is 11.1. The second kappa shape index (κ2) is 6.71. The molecule has 0 aromatic heterocycles. The van der Waals surface area contributed by atoms with Gasteiger partial charge in [-0.1, -0.05) is 53.2 Å². The normalized spacial score (nSPS) is 21.7. The quantitative estimate of drug-likeness (QED) is 0.653. The average molecular weight is 366 g/mol. The van der Waals surface area contributed by atoms with E-state index in [1.165, 1.54) is 16.7 Å². The highest BCUT2D eigenvalue weighted by atomic mass is 35.5. The number of ether oxygens (including phenoxy) is 1. The lowest BCUT2D eigenvalue weighted by Gasteiger charge is -2.31. The van der Waals surface area contributed by atoms with Gasteiger partial charge in [0.1, 0.15) is 4.32 Å². The van der Waals surface area contributed by atoms with Gasteiger partial charge in [-0.05, 0) is 24.6 Å². The molecule has 0 amide bonds. The third-order valence-electron chi connectivity index (χ3n) is 2.99. The van der Waals surface area contributed by atoms with Crippen molar-refractivity contribution in [2.24, 2.45) is 0 Å². The number of carbonyl (C=O) groups is 1. The van der Waals surface area contributed by atoms with Gasteiger partial charge >= 0.3 is 5.97 Å². The summed E-state index contributed by atoms with van der Waals surface area (Å²) >= 11 is 18.3. The van der Waals surface area contributed by atoms with Crippen molar-refractivity contribution in [2.45, 2.75) is 19.2 Å². The van der Waals surface area contributed by atoms with Gasteiger partial charge in [0.15, 0.2) is 0 Å². The molecule has 1 aliphatic heterocycles. The van der Waals surface area contributed by atoms with Gasteiger partial charge in [-0.2, -0.15) is 0 Å². The Hall–Kier alpha value is -0.530. The van der Waals surface area contributed by atoms with Crippen molar-refractivity contribution in [3.63, 3.8) is 0 Å². The molecule has 1 saturated heterocycles. The fraction of sp³-hybridized carbons (Fsp3) is 0.385. The molecular weight excluding hydrogens is 353 g/mol. The zero-order chi connectivity index (χ0) is 15.6. The fourth-order valence-corrected chi connectivity index (χ4v) is 3.58. The molecule has 0 bridgehead atoms. The van der Waals surface area contributed by atoms with Gasteiger partial charge in [-0.3, -0.25) is 0 Å². The first-order chi connectivity index (χ1) is 9.88. The van der Waals surface area contributed by atoms with Crippen LogP contribution in [0.4, 0.5) is 0 Å². The Morgan fingerprint density at radius 1 is 1.52 bits per heavy atom. The molecule has 21 heavy (non-hydrogen) atoms. The number of nitrogens with zero attached hydrogens (tertiary/aromatic N) is 1. The van der Waals surface area contributed by atoms with Crippen LogP contribution in [0.1, 0.15) is 12.5 Å². The summed E-state index contributed by atoms with van der Waals surface area (Å²) in [5.41, 5.74) is -0.957. The predicted octanol–water partition coefficient (Wildman–Crippen LogP) is 3.08. The fourth-order valence-electron chi connectivity index (χ4n) is 1.90. The summed E-state index contributed by atoms with van der Waals surface area (Å²) in [6, 6.07) is 5.11. The Kier molecular flexibility index (Phi) is 5.38. The van der Waals surface area contributed by atoms with E-state index in [0.717, 1.165) is 5.56 Å². The zero-order valence-corrected chi connectivity index (χ0v) is 14.3. The Bertz CT molecular complexity index is 585. The smallest absolute Gasteiger partial charge is 0.360 e. The van der Waals surface area contributed by atoms with Crippen LogP contribution in [0.3, 0.4) is 0 Å². The lowest BCUT2D eigenvalue weighted by atomic mass is 10.1. The number of benzene rings is 1.